The minimum absolute atomic E-state index is 0.0854. The third-order valence-electron chi connectivity index (χ3n) is 4.46. The number of pyridine rings is 1. The summed E-state index contributed by atoms with van der Waals surface area (Å²) in [6.07, 6.45) is 2.11. The second-order valence-corrected chi connectivity index (χ2v) is 6.42. The van der Waals surface area contributed by atoms with Gasteiger partial charge in [-0.15, -0.1) is 0 Å². The smallest absolute Gasteiger partial charge is 0.252 e. The summed E-state index contributed by atoms with van der Waals surface area (Å²) in [5.74, 6) is -0.481. The van der Waals surface area contributed by atoms with Gasteiger partial charge in [-0.3, -0.25) is 14.4 Å². The van der Waals surface area contributed by atoms with Crippen molar-refractivity contribution in [3.05, 3.63) is 69.6 Å². The lowest BCUT2D eigenvalue weighted by Crippen LogP contribution is -2.41. The Hall–Kier alpha value is -2.89. The summed E-state index contributed by atoms with van der Waals surface area (Å²) in [5, 5.41) is 2.74. The Morgan fingerprint density at radius 1 is 1.20 bits per heavy atom. The van der Waals surface area contributed by atoms with Gasteiger partial charge in [0, 0.05) is 38.0 Å². The molecule has 1 aromatic heterocycles. The highest BCUT2D eigenvalue weighted by Gasteiger charge is 2.32. The van der Waals surface area contributed by atoms with Crippen LogP contribution in [0.25, 0.3) is 0 Å². The molecule has 3 rings (SSSR count). The molecule has 2 heterocycles. The van der Waals surface area contributed by atoms with E-state index in [9.17, 15) is 14.4 Å². The predicted molar refractivity (Wildman–Crippen MR) is 94.2 cm³/mol. The number of nitrogens with zero attached hydrogens (tertiary/aromatic N) is 2. The van der Waals surface area contributed by atoms with E-state index in [1.54, 1.807) is 18.0 Å². The van der Waals surface area contributed by atoms with Crippen LogP contribution < -0.4 is 10.9 Å². The van der Waals surface area contributed by atoms with E-state index in [1.807, 2.05) is 31.2 Å². The lowest BCUT2D eigenvalue weighted by atomic mass is 10.1. The van der Waals surface area contributed by atoms with Crippen LogP contribution in [0, 0.1) is 6.92 Å². The molecule has 0 spiro atoms. The number of aryl methyl sites for hydroxylation is 2. The summed E-state index contributed by atoms with van der Waals surface area (Å²) in [4.78, 5) is 38.2. The molecule has 1 aliphatic rings. The highest BCUT2D eigenvalue weighted by molar-refractivity contribution is 5.97. The van der Waals surface area contributed by atoms with E-state index in [4.69, 9.17) is 0 Å². The molecule has 1 aliphatic heterocycles. The van der Waals surface area contributed by atoms with Crippen LogP contribution in [0.2, 0.25) is 0 Å². The number of rotatable bonds is 4. The largest absolute Gasteiger partial charge is 0.340 e. The molecule has 1 saturated heterocycles. The summed E-state index contributed by atoms with van der Waals surface area (Å²) in [5.41, 5.74) is 2.26. The van der Waals surface area contributed by atoms with Crippen molar-refractivity contribution in [2.45, 2.75) is 25.9 Å². The van der Waals surface area contributed by atoms with Gasteiger partial charge in [0.25, 0.3) is 11.5 Å². The molecule has 1 aromatic carbocycles. The van der Waals surface area contributed by atoms with Gasteiger partial charge in [-0.05, 0) is 25.0 Å². The molecule has 25 heavy (non-hydrogen) atoms. The van der Waals surface area contributed by atoms with Gasteiger partial charge in [0.1, 0.15) is 6.04 Å². The molecule has 1 atom stereocenters. The Morgan fingerprint density at radius 2 is 1.92 bits per heavy atom. The number of hydrogen-bond acceptors (Lipinski definition) is 3. The molecule has 0 saturated carbocycles. The van der Waals surface area contributed by atoms with Gasteiger partial charge in [-0.2, -0.15) is 0 Å². The molecule has 0 radical (unpaired) electrons. The van der Waals surface area contributed by atoms with Crippen LogP contribution in [-0.4, -0.2) is 33.9 Å². The maximum Gasteiger partial charge on any atom is 0.252 e. The van der Waals surface area contributed by atoms with Crippen LogP contribution in [0.1, 0.15) is 27.9 Å². The van der Waals surface area contributed by atoms with E-state index in [0.717, 1.165) is 5.56 Å². The maximum absolute atomic E-state index is 12.5. The molecule has 0 bridgehead atoms. The van der Waals surface area contributed by atoms with Gasteiger partial charge in [0.2, 0.25) is 5.91 Å². The quantitative estimate of drug-likeness (QED) is 0.911. The average Bonchev–Trinajstić information content (AvgIpc) is 2.92. The second kappa shape index (κ2) is 6.93. The number of nitrogens with one attached hydrogen (secondary N) is 1. The van der Waals surface area contributed by atoms with E-state index in [-0.39, 0.29) is 17.0 Å². The van der Waals surface area contributed by atoms with Crippen molar-refractivity contribution in [2.24, 2.45) is 7.05 Å². The highest BCUT2D eigenvalue weighted by Crippen LogP contribution is 2.16. The SMILES string of the molecule is Cc1ccc(CN2CC[C@H](NC(=O)c3ccn(C)c(=O)c3)C2=O)cc1. The fourth-order valence-electron chi connectivity index (χ4n) is 2.88. The van der Waals surface area contributed by atoms with Crippen LogP contribution in [0.15, 0.2) is 47.4 Å². The van der Waals surface area contributed by atoms with Crippen molar-refractivity contribution in [1.82, 2.24) is 14.8 Å². The predicted octanol–water partition coefficient (Wildman–Crippen LogP) is 1.22. The van der Waals surface area contributed by atoms with Crippen LogP contribution in [-0.2, 0) is 18.4 Å². The van der Waals surface area contributed by atoms with Crippen molar-refractivity contribution >= 4 is 11.8 Å². The molecule has 1 N–H and O–H groups in total. The van der Waals surface area contributed by atoms with E-state index in [2.05, 4.69) is 5.32 Å². The first kappa shape index (κ1) is 17.0. The first-order valence-electron chi connectivity index (χ1n) is 8.26. The van der Waals surface area contributed by atoms with Gasteiger partial charge in [0.05, 0.1) is 0 Å². The maximum atomic E-state index is 12.5. The molecule has 0 aliphatic carbocycles. The highest BCUT2D eigenvalue weighted by atomic mass is 16.2. The number of benzene rings is 1. The average molecular weight is 339 g/mol. The Morgan fingerprint density at radius 3 is 2.60 bits per heavy atom. The number of carbonyl (C=O) groups excluding carboxylic acids is 2. The number of amides is 2. The monoisotopic (exact) mass is 339 g/mol. The summed E-state index contributed by atoms with van der Waals surface area (Å²) in [6, 6.07) is 10.4. The van der Waals surface area contributed by atoms with Gasteiger partial charge in [0.15, 0.2) is 0 Å². The number of likely N-dealkylation sites (tertiary alicyclic amines) is 1. The van der Waals surface area contributed by atoms with Crippen LogP contribution in [0.4, 0.5) is 0 Å². The fraction of sp³-hybridized carbons (Fsp3) is 0.316. The third-order valence-corrected chi connectivity index (χ3v) is 4.46. The van der Waals surface area contributed by atoms with E-state index < -0.39 is 11.9 Å². The van der Waals surface area contributed by atoms with Gasteiger partial charge < -0.3 is 14.8 Å². The van der Waals surface area contributed by atoms with Crippen molar-refractivity contribution < 1.29 is 9.59 Å². The van der Waals surface area contributed by atoms with E-state index in [0.29, 0.717) is 19.5 Å². The van der Waals surface area contributed by atoms with Crippen LogP contribution >= 0.6 is 0 Å². The molecular formula is C19H21N3O3. The summed E-state index contributed by atoms with van der Waals surface area (Å²) in [7, 11) is 1.62. The number of hydrogen-bond donors (Lipinski definition) is 1. The topological polar surface area (TPSA) is 71.4 Å². The van der Waals surface area contributed by atoms with Crippen LogP contribution in [0.3, 0.4) is 0 Å². The first-order chi connectivity index (χ1) is 11.9. The minimum atomic E-state index is -0.540. The van der Waals surface area contributed by atoms with Crippen molar-refractivity contribution in [3.63, 3.8) is 0 Å². The van der Waals surface area contributed by atoms with Crippen molar-refractivity contribution in [2.75, 3.05) is 6.54 Å². The van der Waals surface area contributed by atoms with Crippen LogP contribution in [0.5, 0.6) is 0 Å². The first-order valence-corrected chi connectivity index (χ1v) is 8.26. The second-order valence-electron chi connectivity index (χ2n) is 6.42. The lowest BCUT2D eigenvalue weighted by Gasteiger charge is -2.17. The fourth-order valence-corrected chi connectivity index (χ4v) is 2.88. The normalized spacial score (nSPS) is 17.0. The molecule has 2 amide bonds. The Balaban J connectivity index is 1.63. The zero-order valence-corrected chi connectivity index (χ0v) is 14.4. The zero-order valence-electron chi connectivity index (χ0n) is 14.4. The lowest BCUT2D eigenvalue weighted by molar-refractivity contribution is -0.129. The van der Waals surface area contributed by atoms with Gasteiger partial charge in [-0.1, -0.05) is 29.8 Å². The molecule has 6 heteroatoms. The van der Waals surface area contributed by atoms with E-state index >= 15 is 0 Å². The van der Waals surface area contributed by atoms with Gasteiger partial charge in [-0.25, -0.2) is 0 Å². The number of aromatic nitrogens is 1. The van der Waals surface area contributed by atoms with Crippen molar-refractivity contribution in [1.29, 1.82) is 0 Å². The molecule has 6 nitrogen and oxygen atoms in total. The standard InChI is InChI=1S/C19H21N3O3/c1-13-3-5-14(6-4-13)12-22-10-8-16(19(22)25)20-18(24)15-7-9-21(2)17(23)11-15/h3-7,9,11,16H,8,10,12H2,1-2H3,(H,20,24)/t16-/m0/s1. The summed E-state index contributed by atoms with van der Waals surface area (Å²) >= 11 is 0. The molecular weight excluding hydrogens is 318 g/mol. The summed E-state index contributed by atoms with van der Waals surface area (Å²) in [6.45, 7) is 3.17. The van der Waals surface area contributed by atoms with E-state index in [1.165, 1.54) is 22.4 Å². The molecule has 2 aromatic rings. The molecule has 130 valence electrons. The Labute approximate surface area is 146 Å². The Bertz CT molecular complexity index is 855. The number of carbonyl (C=O) groups is 2. The molecule has 1 fully saturated rings. The van der Waals surface area contributed by atoms with Gasteiger partial charge >= 0.3 is 0 Å². The minimum Gasteiger partial charge on any atom is -0.340 e. The Kier molecular flexibility index (Phi) is 4.70. The van der Waals surface area contributed by atoms with Crippen molar-refractivity contribution in [3.8, 4) is 0 Å². The zero-order chi connectivity index (χ0) is 18.0. The molecule has 0 unspecified atom stereocenters. The summed E-state index contributed by atoms with van der Waals surface area (Å²) < 4.78 is 1.39. The third kappa shape index (κ3) is 3.79.